The van der Waals surface area contributed by atoms with Crippen molar-refractivity contribution in [2.24, 2.45) is 0 Å². The molecule has 3 heterocycles. The van der Waals surface area contributed by atoms with Crippen molar-refractivity contribution in [2.45, 2.75) is 25.4 Å². The number of piperazine rings is 1. The Morgan fingerprint density at radius 1 is 1.30 bits per heavy atom. The van der Waals surface area contributed by atoms with Crippen LogP contribution < -0.4 is 4.90 Å². The molecule has 1 fully saturated rings. The summed E-state index contributed by atoms with van der Waals surface area (Å²) in [5.41, 5.74) is 1.01. The Balaban J connectivity index is 1.94. The van der Waals surface area contributed by atoms with E-state index in [1.165, 1.54) is 11.0 Å². The smallest absolute Gasteiger partial charge is 0.407 e. The first-order chi connectivity index (χ1) is 9.47. The van der Waals surface area contributed by atoms with Crippen LogP contribution in [0.15, 0.2) is 12.1 Å². The van der Waals surface area contributed by atoms with Crippen molar-refractivity contribution in [1.82, 2.24) is 9.88 Å². The molecule has 106 valence electrons. The Kier molecular flexibility index (Phi) is 2.77. The van der Waals surface area contributed by atoms with Gasteiger partial charge in [0.05, 0.1) is 6.04 Å². The standard InChI is InChI=1S/C13H15N3O4/c1-7-5-15(13(19)20)6-9-4-8-2-3-10(12(17)18)14-11(8)16(7)9/h2-3,7,9H,4-6H2,1H3,(H,17,18)(H,19,20)/t7-,9-/m1/s1. The third-order valence-corrected chi connectivity index (χ3v) is 3.93. The van der Waals surface area contributed by atoms with E-state index in [4.69, 9.17) is 10.2 Å². The molecule has 3 rings (SSSR count). The molecule has 7 heteroatoms. The molecular weight excluding hydrogens is 262 g/mol. The highest BCUT2D eigenvalue weighted by Crippen LogP contribution is 2.35. The minimum atomic E-state index is -1.05. The molecule has 0 aromatic carbocycles. The van der Waals surface area contributed by atoms with Gasteiger partial charge >= 0.3 is 12.1 Å². The van der Waals surface area contributed by atoms with Gasteiger partial charge in [-0.05, 0) is 25.0 Å². The highest BCUT2D eigenvalue weighted by molar-refractivity contribution is 5.86. The number of fused-ring (bicyclic) bond motifs is 3. The average Bonchev–Trinajstić information content (AvgIpc) is 2.75. The van der Waals surface area contributed by atoms with Gasteiger partial charge in [0.2, 0.25) is 0 Å². The largest absolute Gasteiger partial charge is 0.477 e. The number of carboxylic acids is 1. The van der Waals surface area contributed by atoms with Gasteiger partial charge in [0, 0.05) is 19.1 Å². The topological polar surface area (TPSA) is 94.0 Å². The van der Waals surface area contributed by atoms with E-state index < -0.39 is 12.1 Å². The first-order valence-corrected chi connectivity index (χ1v) is 6.47. The molecule has 0 unspecified atom stereocenters. The maximum absolute atomic E-state index is 11.1. The summed E-state index contributed by atoms with van der Waals surface area (Å²) in [7, 11) is 0. The first-order valence-electron chi connectivity index (χ1n) is 6.47. The number of carbonyl (C=O) groups is 2. The predicted molar refractivity (Wildman–Crippen MR) is 70.2 cm³/mol. The van der Waals surface area contributed by atoms with Crippen molar-refractivity contribution in [3.8, 4) is 0 Å². The van der Waals surface area contributed by atoms with Gasteiger partial charge < -0.3 is 20.0 Å². The van der Waals surface area contributed by atoms with E-state index in [0.717, 1.165) is 5.56 Å². The van der Waals surface area contributed by atoms with Crippen LogP contribution in [0.3, 0.4) is 0 Å². The Hall–Kier alpha value is -2.31. The molecule has 0 aliphatic carbocycles. The van der Waals surface area contributed by atoms with E-state index in [-0.39, 0.29) is 17.8 Å². The van der Waals surface area contributed by atoms with Crippen LogP contribution in [-0.2, 0) is 6.42 Å². The molecule has 2 aliphatic heterocycles. The third kappa shape index (κ3) is 1.86. The van der Waals surface area contributed by atoms with Crippen LogP contribution in [0.4, 0.5) is 10.6 Å². The fourth-order valence-corrected chi connectivity index (χ4v) is 3.12. The summed E-state index contributed by atoms with van der Waals surface area (Å²) >= 11 is 0. The maximum Gasteiger partial charge on any atom is 0.407 e. The van der Waals surface area contributed by atoms with E-state index in [9.17, 15) is 9.59 Å². The lowest BCUT2D eigenvalue weighted by atomic mass is 10.1. The molecule has 7 nitrogen and oxygen atoms in total. The van der Waals surface area contributed by atoms with Crippen molar-refractivity contribution in [3.63, 3.8) is 0 Å². The summed E-state index contributed by atoms with van der Waals surface area (Å²) in [6, 6.07) is 3.31. The highest BCUT2D eigenvalue weighted by Gasteiger charge is 2.40. The number of anilines is 1. The van der Waals surface area contributed by atoms with Gasteiger partial charge in [-0.1, -0.05) is 6.07 Å². The van der Waals surface area contributed by atoms with Gasteiger partial charge in [-0.15, -0.1) is 0 Å². The molecular formula is C13H15N3O4. The van der Waals surface area contributed by atoms with E-state index in [1.54, 1.807) is 6.07 Å². The van der Waals surface area contributed by atoms with E-state index in [1.807, 2.05) is 6.92 Å². The maximum atomic E-state index is 11.1. The molecule has 1 amide bonds. The molecule has 0 bridgehead atoms. The zero-order valence-electron chi connectivity index (χ0n) is 11.0. The van der Waals surface area contributed by atoms with Crippen LogP contribution in [0.2, 0.25) is 0 Å². The zero-order valence-corrected chi connectivity index (χ0v) is 11.0. The van der Waals surface area contributed by atoms with Gasteiger partial charge in [0.15, 0.2) is 5.69 Å². The SMILES string of the molecule is C[C@@H]1CN(C(=O)O)C[C@H]2Cc3ccc(C(=O)O)nc3N21. The fraction of sp³-hybridized carbons (Fsp3) is 0.462. The second kappa shape index (κ2) is 4.36. The van der Waals surface area contributed by atoms with Crippen LogP contribution in [0.1, 0.15) is 23.0 Å². The summed E-state index contributed by atoms with van der Waals surface area (Å²) in [4.78, 5) is 29.8. The van der Waals surface area contributed by atoms with Crippen LogP contribution >= 0.6 is 0 Å². The number of aromatic carboxylic acids is 1. The van der Waals surface area contributed by atoms with Crippen LogP contribution in [-0.4, -0.2) is 57.3 Å². The quantitative estimate of drug-likeness (QED) is 0.792. The second-order valence-corrected chi connectivity index (χ2v) is 5.29. The van der Waals surface area contributed by atoms with Crippen molar-refractivity contribution in [1.29, 1.82) is 0 Å². The molecule has 0 spiro atoms. The van der Waals surface area contributed by atoms with Crippen molar-refractivity contribution >= 4 is 17.9 Å². The summed E-state index contributed by atoms with van der Waals surface area (Å²) in [5, 5.41) is 18.1. The number of carboxylic acid groups (broad SMARTS) is 2. The van der Waals surface area contributed by atoms with Gasteiger partial charge in [0.1, 0.15) is 5.82 Å². The number of hydrogen-bond donors (Lipinski definition) is 2. The molecule has 20 heavy (non-hydrogen) atoms. The van der Waals surface area contributed by atoms with Gasteiger partial charge in [-0.2, -0.15) is 0 Å². The summed E-state index contributed by atoms with van der Waals surface area (Å²) in [6.07, 6.45) is -0.206. The number of hydrogen-bond acceptors (Lipinski definition) is 4. The number of nitrogens with zero attached hydrogens (tertiary/aromatic N) is 3. The first kappa shape index (κ1) is 12.7. The van der Waals surface area contributed by atoms with Gasteiger partial charge in [-0.25, -0.2) is 14.6 Å². The lowest BCUT2D eigenvalue weighted by Gasteiger charge is -2.42. The minimum Gasteiger partial charge on any atom is -0.477 e. The second-order valence-electron chi connectivity index (χ2n) is 5.29. The monoisotopic (exact) mass is 277 g/mol. The van der Waals surface area contributed by atoms with Gasteiger partial charge in [0.25, 0.3) is 0 Å². The van der Waals surface area contributed by atoms with Crippen LogP contribution in [0.25, 0.3) is 0 Å². The lowest BCUT2D eigenvalue weighted by Crippen LogP contribution is -2.58. The molecule has 2 aliphatic rings. The number of pyridine rings is 1. The molecule has 0 saturated carbocycles. The number of aromatic nitrogens is 1. The van der Waals surface area contributed by atoms with E-state index in [2.05, 4.69) is 9.88 Å². The van der Waals surface area contributed by atoms with E-state index in [0.29, 0.717) is 25.3 Å². The molecule has 2 atom stereocenters. The Morgan fingerprint density at radius 2 is 2.05 bits per heavy atom. The molecule has 1 aromatic rings. The van der Waals surface area contributed by atoms with Crippen molar-refractivity contribution in [2.75, 3.05) is 18.0 Å². The zero-order chi connectivity index (χ0) is 14.4. The highest BCUT2D eigenvalue weighted by atomic mass is 16.4. The average molecular weight is 277 g/mol. The van der Waals surface area contributed by atoms with Crippen molar-refractivity contribution < 1.29 is 19.8 Å². The Bertz CT molecular complexity index is 589. The number of amides is 1. The summed E-state index contributed by atoms with van der Waals surface area (Å²) in [6.45, 7) is 2.77. The number of rotatable bonds is 1. The Labute approximate surface area is 115 Å². The molecule has 2 N–H and O–H groups in total. The molecule has 1 saturated heterocycles. The minimum absolute atomic E-state index is 0.0114. The van der Waals surface area contributed by atoms with Gasteiger partial charge in [-0.3, -0.25) is 0 Å². The lowest BCUT2D eigenvalue weighted by molar-refractivity contribution is 0.0690. The summed E-state index contributed by atoms with van der Waals surface area (Å²) in [5.74, 6) is -0.361. The molecule has 0 radical (unpaired) electrons. The van der Waals surface area contributed by atoms with Crippen LogP contribution in [0, 0.1) is 0 Å². The predicted octanol–water partition coefficient (Wildman–Crippen LogP) is 0.893. The van der Waals surface area contributed by atoms with Crippen molar-refractivity contribution in [3.05, 3.63) is 23.4 Å². The van der Waals surface area contributed by atoms with E-state index >= 15 is 0 Å². The Morgan fingerprint density at radius 3 is 2.70 bits per heavy atom. The fourth-order valence-electron chi connectivity index (χ4n) is 3.12. The summed E-state index contributed by atoms with van der Waals surface area (Å²) < 4.78 is 0. The third-order valence-electron chi connectivity index (χ3n) is 3.93. The van der Waals surface area contributed by atoms with Crippen LogP contribution in [0.5, 0.6) is 0 Å². The molecule has 1 aromatic heterocycles. The normalized spacial score (nSPS) is 24.2.